The highest BCUT2D eigenvalue weighted by Gasteiger charge is 3.01. The molecule has 9 atom stereocenters. The summed E-state index contributed by atoms with van der Waals surface area (Å²) < 4.78 is 32.5. The first-order valence-electron chi connectivity index (χ1n) is 15.8. The minimum atomic E-state index is -0.654. The number of fused-ring (bicyclic) bond motifs is 4. The molecular weight excluding hydrogens is 496 g/mol. The average molecular weight is 537 g/mol. The highest BCUT2D eigenvalue weighted by Crippen LogP contribution is 2.83. The Kier molecular flexibility index (Phi) is 3.93. The number of carbonyl (C=O) groups is 2. The molecule has 39 heavy (non-hydrogen) atoms. The Labute approximate surface area is 229 Å². The van der Waals surface area contributed by atoms with Gasteiger partial charge in [0.1, 0.15) is 30.0 Å². The van der Waals surface area contributed by atoms with Crippen molar-refractivity contribution in [1.82, 2.24) is 0 Å². The van der Waals surface area contributed by atoms with E-state index in [4.69, 9.17) is 23.7 Å². The minimum Gasteiger partial charge on any atom is -0.458 e. The number of cyclic esters (lactones) is 1. The van der Waals surface area contributed by atoms with E-state index in [1.54, 1.807) is 0 Å². The second kappa shape index (κ2) is 6.62. The molecule has 9 fully saturated rings. The molecule has 0 radical (unpaired) electrons. The van der Waals surface area contributed by atoms with Gasteiger partial charge in [-0.15, -0.1) is 0 Å². The zero-order chi connectivity index (χ0) is 26.3. The zero-order valence-corrected chi connectivity index (χ0v) is 23.3. The van der Waals surface area contributed by atoms with Crippen LogP contribution in [0.4, 0.5) is 0 Å². The Morgan fingerprint density at radius 3 is 2.41 bits per heavy atom. The Hall–Kier alpha value is -1.44. The van der Waals surface area contributed by atoms with Gasteiger partial charge in [-0.25, -0.2) is 4.79 Å². The van der Waals surface area contributed by atoms with Gasteiger partial charge in [-0.3, -0.25) is 4.79 Å². The Morgan fingerprint density at radius 2 is 1.72 bits per heavy atom. The van der Waals surface area contributed by atoms with Crippen LogP contribution in [0.25, 0.3) is 0 Å². The fourth-order valence-electron chi connectivity index (χ4n) is 12.8. The van der Waals surface area contributed by atoms with Crippen LogP contribution in [0.1, 0.15) is 85.0 Å². The molecule has 210 valence electrons. The lowest BCUT2D eigenvalue weighted by atomic mass is 9.46. The highest BCUT2D eigenvalue weighted by atomic mass is 16.8. The second-order valence-corrected chi connectivity index (χ2v) is 16.0. The van der Waals surface area contributed by atoms with Crippen molar-refractivity contribution in [2.75, 3.05) is 6.61 Å². The van der Waals surface area contributed by atoms with Gasteiger partial charge in [-0.1, -0.05) is 20.8 Å². The topological polar surface area (TPSA) is 90.2 Å². The van der Waals surface area contributed by atoms with E-state index >= 15 is 0 Å². The number of esters is 2. The van der Waals surface area contributed by atoms with E-state index in [1.165, 1.54) is 38.5 Å². The Bertz CT molecular complexity index is 1230. The van der Waals surface area contributed by atoms with E-state index in [9.17, 15) is 9.59 Å². The molecule has 11 aliphatic rings. The summed E-state index contributed by atoms with van der Waals surface area (Å²) in [4.78, 5) is 26.4. The van der Waals surface area contributed by atoms with Gasteiger partial charge in [0.2, 0.25) is 0 Å². The molecule has 4 aliphatic heterocycles. The minimum absolute atomic E-state index is 0.0454. The molecule has 0 N–H and O–H groups in total. The highest BCUT2D eigenvalue weighted by molar-refractivity contribution is 5.92. The molecule has 0 aromatic heterocycles. The van der Waals surface area contributed by atoms with Crippen LogP contribution < -0.4 is 0 Å². The summed E-state index contributed by atoms with van der Waals surface area (Å²) in [5.41, 5.74) is 0.240. The van der Waals surface area contributed by atoms with E-state index in [1.807, 2.05) is 0 Å². The van der Waals surface area contributed by atoms with Gasteiger partial charge in [0.25, 0.3) is 0 Å². The Morgan fingerprint density at radius 1 is 1.00 bits per heavy atom. The summed E-state index contributed by atoms with van der Waals surface area (Å²) in [6.07, 6.45) is 10.0. The molecule has 7 nitrogen and oxygen atoms in total. The number of hydrogen-bond acceptors (Lipinski definition) is 7. The average Bonchev–Trinajstić information content (AvgIpc) is 3.77. The fourth-order valence-corrected chi connectivity index (χ4v) is 12.8. The van der Waals surface area contributed by atoms with Gasteiger partial charge in [-0.05, 0) is 98.4 Å². The summed E-state index contributed by atoms with van der Waals surface area (Å²) >= 11 is 0. The SMILES string of the molecule is CC(C)[C@@]12O[C@H]1C1O[C@]13[C@]1(O[C@H]1C[C@H]1C4=C(CC[C@@]13C)C(=O)OC4)[C@@H]2OC(=O)CC12CC3CC(CC(C3)C1)C2. The van der Waals surface area contributed by atoms with Crippen molar-refractivity contribution < 1.29 is 33.3 Å². The maximum absolute atomic E-state index is 14.0. The van der Waals surface area contributed by atoms with Crippen molar-refractivity contribution in [3.8, 4) is 0 Å². The molecule has 6 saturated carbocycles. The van der Waals surface area contributed by atoms with Gasteiger partial charge in [0.05, 0.1) is 12.5 Å². The molecule has 11 rings (SSSR count). The van der Waals surface area contributed by atoms with E-state index < -0.39 is 22.9 Å². The molecule has 3 saturated heterocycles. The molecule has 2 spiro atoms. The van der Waals surface area contributed by atoms with Crippen LogP contribution >= 0.6 is 0 Å². The van der Waals surface area contributed by atoms with Crippen molar-refractivity contribution in [1.29, 1.82) is 0 Å². The quantitative estimate of drug-likeness (QED) is 0.392. The van der Waals surface area contributed by atoms with E-state index in [2.05, 4.69) is 20.8 Å². The molecular formula is C32H40O7. The maximum Gasteiger partial charge on any atom is 0.334 e. The summed E-state index contributed by atoms with van der Waals surface area (Å²) in [5, 5.41) is 0. The summed E-state index contributed by atoms with van der Waals surface area (Å²) in [6, 6.07) is 0. The van der Waals surface area contributed by atoms with Crippen LogP contribution in [0.15, 0.2) is 11.1 Å². The van der Waals surface area contributed by atoms with Crippen LogP contribution in [0.5, 0.6) is 0 Å². The van der Waals surface area contributed by atoms with Crippen LogP contribution in [0, 0.1) is 40.4 Å². The molecule has 0 aromatic carbocycles. The van der Waals surface area contributed by atoms with Crippen LogP contribution in [-0.4, -0.2) is 59.8 Å². The molecule has 1 unspecified atom stereocenters. The molecule has 4 bridgehead atoms. The predicted molar refractivity (Wildman–Crippen MR) is 136 cm³/mol. The van der Waals surface area contributed by atoms with Gasteiger partial charge in [-0.2, -0.15) is 0 Å². The van der Waals surface area contributed by atoms with Crippen molar-refractivity contribution in [2.24, 2.45) is 40.4 Å². The number of epoxide rings is 3. The molecule has 7 heteroatoms. The molecule has 0 aromatic rings. The van der Waals surface area contributed by atoms with Gasteiger partial charge in [0.15, 0.2) is 11.7 Å². The lowest BCUT2D eigenvalue weighted by Gasteiger charge is -2.56. The third-order valence-corrected chi connectivity index (χ3v) is 14.0. The van der Waals surface area contributed by atoms with Gasteiger partial charge in [0, 0.05) is 11.0 Å². The lowest BCUT2D eigenvalue weighted by Crippen LogP contribution is -2.70. The molecule has 4 heterocycles. The number of carbonyl (C=O) groups excluding carboxylic acids is 2. The monoisotopic (exact) mass is 536 g/mol. The predicted octanol–water partition coefficient (Wildman–Crippen LogP) is 4.26. The van der Waals surface area contributed by atoms with Crippen LogP contribution in [0.2, 0.25) is 0 Å². The van der Waals surface area contributed by atoms with Crippen LogP contribution in [-0.2, 0) is 33.3 Å². The van der Waals surface area contributed by atoms with Crippen molar-refractivity contribution in [2.45, 2.75) is 126 Å². The largest absolute Gasteiger partial charge is 0.458 e. The maximum atomic E-state index is 14.0. The summed E-state index contributed by atoms with van der Waals surface area (Å²) in [7, 11) is 0. The van der Waals surface area contributed by atoms with Gasteiger partial charge >= 0.3 is 11.9 Å². The molecule has 7 aliphatic carbocycles. The van der Waals surface area contributed by atoms with E-state index in [0.29, 0.717) is 13.0 Å². The smallest absolute Gasteiger partial charge is 0.334 e. The van der Waals surface area contributed by atoms with Crippen molar-refractivity contribution >= 4 is 11.9 Å². The summed E-state index contributed by atoms with van der Waals surface area (Å²) in [6.45, 7) is 7.11. The van der Waals surface area contributed by atoms with Crippen LogP contribution in [0.3, 0.4) is 0 Å². The first kappa shape index (κ1) is 23.2. The lowest BCUT2D eigenvalue weighted by molar-refractivity contribution is -0.175. The number of hydrogen-bond donors (Lipinski definition) is 0. The normalized spacial score (nSPS) is 59.9. The number of ether oxygens (including phenoxy) is 5. The van der Waals surface area contributed by atoms with E-state index in [-0.39, 0.29) is 52.9 Å². The standard InChI is InChI=1S/C32H40O7/c1-15(2)30-24(38-30)25-32(39-25)28(3)5-4-19-20(14-35-26(19)34)21(28)9-22-31(32,37-22)27(30)36-23(33)13-29-10-16-6-17(11-29)8-18(7-16)12-29/h15-18,21-22,24-25,27H,4-14H2,1-3H3/t16?,17?,18?,21-,22-,24-,25?,27+,28-,29?,30+,31+,32+/m0/s1. The molecule has 0 amide bonds. The third-order valence-electron chi connectivity index (χ3n) is 14.0. The Balaban J connectivity index is 1.01. The van der Waals surface area contributed by atoms with Crippen molar-refractivity contribution in [3.63, 3.8) is 0 Å². The summed E-state index contributed by atoms with van der Waals surface area (Å²) in [5.74, 6) is 2.61. The fraction of sp³-hybridized carbons (Fsp3) is 0.875. The second-order valence-electron chi connectivity index (χ2n) is 16.0. The van der Waals surface area contributed by atoms with E-state index in [0.717, 1.165) is 48.2 Å². The van der Waals surface area contributed by atoms with Crippen molar-refractivity contribution in [3.05, 3.63) is 11.1 Å². The third kappa shape index (κ3) is 2.41. The van der Waals surface area contributed by atoms with Gasteiger partial charge < -0.3 is 23.7 Å². The first-order valence-corrected chi connectivity index (χ1v) is 15.8. The zero-order valence-electron chi connectivity index (χ0n) is 23.3. The first-order chi connectivity index (χ1) is 18.7. The number of rotatable bonds is 4.